The second-order valence-corrected chi connectivity index (χ2v) is 4.57. The van der Waals surface area contributed by atoms with Crippen molar-refractivity contribution in [2.24, 2.45) is 0 Å². The zero-order valence-electron chi connectivity index (χ0n) is 12.2. The summed E-state index contributed by atoms with van der Waals surface area (Å²) in [7, 11) is 0. The molecule has 0 saturated carbocycles. The lowest BCUT2D eigenvalue weighted by molar-refractivity contribution is 0.236. The summed E-state index contributed by atoms with van der Waals surface area (Å²) < 4.78 is 5.43. The van der Waals surface area contributed by atoms with Crippen molar-refractivity contribution in [2.45, 2.75) is 39.7 Å². The average Bonchev–Trinajstić information content (AvgIpc) is 2.42. The minimum absolute atomic E-state index is 0.157. The van der Waals surface area contributed by atoms with Gasteiger partial charge in [-0.2, -0.15) is 5.26 Å². The SMILES string of the molecule is CCCN(CCC)C(C#N)c1ccc(OCC)cc1. The van der Waals surface area contributed by atoms with Crippen molar-refractivity contribution in [3.63, 3.8) is 0 Å². The molecule has 3 heteroatoms. The van der Waals surface area contributed by atoms with Gasteiger partial charge >= 0.3 is 0 Å². The summed E-state index contributed by atoms with van der Waals surface area (Å²) in [6.45, 7) is 8.85. The van der Waals surface area contributed by atoms with E-state index in [0.29, 0.717) is 6.61 Å². The van der Waals surface area contributed by atoms with Crippen LogP contribution in [0, 0.1) is 11.3 Å². The fourth-order valence-corrected chi connectivity index (χ4v) is 2.22. The molecule has 3 nitrogen and oxygen atoms in total. The van der Waals surface area contributed by atoms with Crippen molar-refractivity contribution < 1.29 is 4.74 Å². The van der Waals surface area contributed by atoms with Crippen LogP contribution >= 0.6 is 0 Å². The van der Waals surface area contributed by atoms with Crippen molar-refractivity contribution in [3.05, 3.63) is 29.8 Å². The quantitative estimate of drug-likeness (QED) is 0.714. The van der Waals surface area contributed by atoms with Crippen molar-refractivity contribution >= 4 is 0 Å². The van der Waals surface area contributed by atoms with Crippen molar-refractivity contribution in [3.8, 4) is 11.8 Å². The predicted molar refractivity (Wildman–Crippen MR) is 78.1 cm³/mol. The van der Waals surface area contributed by atoms with Gasteiger partial charge in [-0.25, -0.2) is 0 Å². The van der Waals surface area contributed by atoms with Gasteiger partial charge in [-0.3, -0.25) is 4.90 Å². The third-order valence-corrected chi connectivity index (χ3v) is 3.02. The van der Waals surface area contributed by atoms with Gasteiger partial charge in [0.1, 0.15) is 11.8 Å². The number of hydrogen-bond acceptors (Lipinski definition) is 3. The highest BCUT2D eigenvalue weighted by molar-refractivity contribution is 5.31. The summed E-state index contributed by atoms with van der Waals surface area (Å²) in [6.07, 6.45) is 2.13. The smallest absolute Gasteiger partial charge is 0.123 e. The first-order valence-electron chi connectivity index (χ1n) is 7.13. The molecule has 0 aliphatic carbocycles. The number of ether oxygens (including phenoxy) is 1. The van der Waals surface area contributed by atoms with Gasteiger partial charge in [0.25, 0.3) is 0 Å². The van der Waals surface area contributed by atoms with Crippen molar-refractivity contribution in [1.82, 2.24) is 4.90 Å². The van der Waals surface area contributed by atoms with Gasteiger partial charge in [-0.1, -0.05) is 26.0 Å². The van der Waals surface area contributed by atoms with E-state index in [4.69, 9.17) is 4.74 Å². The highest BCUT2D eigenvalue weighted by atomic mass is 16.5. The van der Waals surface area contributed by atoms with E-state index in [1.165, 1.54) is 0 Å². The highest BCUT2D eigenvalue weighted by Gasteiger charge is 2.18. The Labute approximate surface area is 116 Å². The van der Waals surface area contributed by atoms with Crippen LogP contribution in [-0.4, -0.2) is 24.6 Å². The van der Waals surface area contributed by atoms with Crippen LogP contribution in [0.2, 0.25) is 0 Å². The molecule has 1 atom stereocenters. The number of benzene rings is 1. The standard InChI is InChI=1S/C16H24N2O/c1-4-11-18(12-5-2)16(13-17)14-7-9-15(10-8-14)19-6-3/h7-10,16H,4-6,11-12H2,1-3H3. The average molecular weight is 260 g/mol. The lowest BCUT2D eigenvalue weighted by Crippen LogP contribution is -2.29. The molecule has 1 unspecified atom stereocenters. The third kappa shape index (κ3) is 4.57. The van der Waals surface area contributed by atoms with Crippen molar-refractivity contribution in [1.29, 1.82) is 5.26 Å². The van der Waals surface area contributed by atoms with Crippen LogP contribution < -0.4 is 4.74 Å². The first-order valence-corrected chi connectivity index (χ1v) is 7.13. The Morgan fingerprint density at radius 2 is 1.68 bits per heavy atom. The number of rotatable bonds is 8. The Hall–Kier alpha value is -1.53. The summed E-state index contributed by atoms with van der Waals surface area (Å²) in [4.78, 5) is 2.25. The normalized spacial score (nSPS) is 12.2. The van der Waals surface area contributed by atoms with Crippen molar-refractivity contribution in [2.75, 3.05) is 19.7 Å². The number of hydrogen-bond donors (Lipinski definition) is 0. The van der Waals surface area contributed by atoms with Crippen LogP contribution in [0.25, 0.3) is 0 Å². The van der Waals surface area contributed by atoms with Gasteiger partial charge in [-0.15, -0.1) is 0 Å². The largest absolute Gasteiger partial charge is 0.494 e. The van der Waals surface area contributed by atoms with Gasteiger partial charge < -0.3 is 4.74 Å². The Morgan fingerprint density at radius 3 is 2.11 bits per heavy atom. The molecule has 0 spiro atoms. The lowest BCUT2D eigenvalue weighted by atomic mass is 10.1. The van der Waals surface area contributed by atoms with Gasteiger partial charge in [0.2, 0.25) is 0 Å². The van der Waals surface area contributed by atoms with Crippen LogP contribution in [0.1, 0.15) is 45.2 Å². The maximum atomic E-state index is 9.45. The third-order valence-electron chi connectivity index (χ3n) is 3.02. The Kier molecular flexibility index (Phi) is 6.99. The van der Waals surface area contributed by atoms with E-state index in [1.807, 2.05) is 31.2 Å². The Balaban J connectivity index is 2.85. The molecule has 0 N–H and O–H groups in total. The topological polar surface area (TPSA) is 36.3 Å². The van der Waals surface area contributed by atoms with E-state index >= 15 is 0 Å². The number of nitrogens with zero attached hydrogens (tertiary/aromatic N) is 2. The zero-order valence-corrected chi connectivity index (χ0v) is 12.2. The molecule has 1 aromatic rings. The van der Waals surface area contributed by atoms with E-state index in [-0.39, 0.29) is 6.04 Å². The zero-order chi connectivity index (χ0) is 14.1. The maximum absolute atomic E-state index is 9.45. The van der Waals surface area contributed by atoms with Crippen LogP contribution in [-0.2, 0) is 0 Å². The molecule has 0 heterocycles. The second kappa shape index (κ2) is 8.55. The molecule has 0 saturated heterocycles. The monoisotopic (exact) mass is 260 g/mol. The summed E-state index contributed by atoms with van der Waals surface area (Å²) in [6, 6.07) is 10.1. The molecule has 0 aliphatic heterocycles. The molecule has 0 bridgehead atoms. The molecule has 1 rings (SSSR count). The molecule has 104 valence electrons. The molecule has 19 heavy (non-hydrogen) atoms. The van der Waals surface area contributed by atoms with E-state index in [0.717, 1.165) is 37.2 Å². The molecule has 0 fully saturated rings. The molecule has 0 amide bonds. The fourth-order valence-electron chi connectivity index (χ4n) is 2.22. The van der Waals surface area contributed by atoms with E-state index in [1.54, 1.807) is 0 Å². The summed E-state index contributed by atoms with van der Waals surface area (Å²) in [5.41, 5.74) is 1.05. The Bertz CT molecular complexity index is 388. The fraction of sp³-hybridized carbons (Fsp3) is 0.562. The molecule has 1 aromatic carbocycles. The Morgan fingerprint density at radius 1 is 1.11 bits per heavy atom. The van der Waals surface area contributed by atoms with Crippen LogP contribution in [0.5, 0.6) is 5.75 Å². The highest BCUT2D eigenvalue weighted by Crippen LogP contribution is 2.23. The molecule has 0 aromatic heterocycles. The van der Waals surface area contributed by atoms with E-state index < -0.39 is 0 Å². The molecule has 0 aliphatic rings. The maximum Gasteiger partial charge on any atom is 0.123 e. The second-order valence-electron chi connectivity index (χ2n) is 4.57. The minimum Gasteiger partial charge on any atom is -0.494 e. The van der Waals surface area contributed by atoms with Crippen LogP contribution in [0.15, 0.2) is 24.3 Å². The molecular weight excluding hydrogens is 236 g/mol. The predicted octanol–water partition coefficient (Wildman–Crippen LogP) is 3.77. The van der Waals surface area contributed by atoms with Crippen LogP contribution in [0.3, 0.4) is 0 Å². The summed E-state index contributed by atoms with van der Waals surface area (Å²) in [5.74, 6) is 0.862. The van der Waals surface area contributed by atoms with E-state index in [2.05, 4.69) is 24.8 Å². The van der Waals surface area contributed by atoms with Gasteiger partial charge in [0.15, 0.2) is 0 Å². The van der Waals surface area contributed by atoms with Gasteiger partial charge in [0, 0.05) is 0 Å². The number of nitriles is 1. The first kappa shape index (κ1) is 15.5. The van der Waals surface area contributed by atoms with Crippen LogP contribution in [0.4, 0.5) is 0 Å². The lowest BCUT2D eigenvalue weighted by Gasteiger charge is -2.26. The van der Waals surface area contributed by atoms with E-state index in [9.17, 15) is 5.26 Å². The minimum atomic E-state index is -0.157. The van der Waals surface area contributed by atoms with Gasteiger partial charge in [0.05, 0.1) is 12.7 Å². The summed E-state index contributed by atoms with van der Waals surface area (Å²) in [5, 5.41) is 9.45. The molecule has 0 radical (unpaired) electrons. The summed E-state index contributed by atoms with van der Waals surface area (Å²) >= 11 is 0. The molecular formula is C16H24N2O. The first-order chi connectivity index (χ1) is 9.26. The van der Waals surface area contributed by atoms with Gasteiger partial charge in [-0.05, 0) is 50.6 Å².